The number of urea groups is 1. The van der Waals surface area contributed by atoms with E-state index in [-0.39, 0.29) is 6.61 Å². The van der Waals surface area contributed by atoms with Crippen LogP contribution in [0.3, 0.4) is 0 Å². The second-order valence-corrected chi connectivity index (χ2v) is 4.81. The third-order valence-electron chi connectivity index (χ3n) is 2.82. The maximum absolute atomic E-state index is 12.0. The molecule has 1 unspecified atom stereocenters. The number of ether oxygens (including phenoxy) is 2. The SMILES string of the molecule is COCC(NC(=O)N1CCOCC1(C)C)C(=O)O. The van der Waals surface area contributed by atoms with Crippen LogP contribution in [0.15, 0.2) is 0 Å². The largest absolute Gasteiger partial charge is 0.480 e. The Bertz CT molecular complexity index is 319. The molecular formula is C11H20N2O5. The smallest absolute Gasteiger partial charge is 0.328 e. The van der Waals surface area contributed by atoms with Gasteiger partial charge in [-0.2, -0.15) is 0 Å². The number of carboxylic acid groups (broad SMARTS) is 1. The third-order valence-corrected chi connectivity index (χ3v) is 2.82. The Labute approximate surface area is 106 Å². The summed E-state index contributed by atoms with van der Waals surface area (Å²) < 4.78 is 10.1. The van der Waals surface area contributed by atoms with Crippen LogP contribution < -0.4 is 5.32 Å². The summed E-state index contributed by atoms with van der Waals surface area (Å²) in [6.07, 6.45) is 0. The number of rotatable bonds is 4. The molecule has 1 aliphatic rings. The highest BCUT2D eigenvalue weighted by Crippen LogP contribution is 2.18. The van der Waals surface area contributed by atoms with Gasteiger partial charge in [0, 0.05) is 13.7 Å². The van der Waals surface area contributed by atoms with E-state index in [1.54, 1.807) is 4.90 Å². The molecule has 1 saturated heterocycles. The van der Waals surface area contributed by atoms with Crippen molar-refractivity contribution in [3.05, 3.63) is 0 Å². The maximum Gasteiger partial charge on any atom is 0.328 e. The number of morpholine rings is 1. The van der Waals surface area contributed by atoms with Crippen molar-refractivity contribution in [3.8, 4) is 0 Å². The summed E-state index contributed by atoms with van der Waals surface area (Å²) in [5.74, 6) is -1.11. The van der Waals surface area contributed by atoms with Crippen LogP contribution in [-0.4, -0.2) is 67.1 Å². The summed E-state index contributed by atoms with van der Waals surface area (Å²) in [4.78, 5) is 24.6. The monoisotopic (exact) mass is 260 g/mol. The Morgan fingerprint density at radius 1 is 1.56 bits per heavy atom. The summed E-state index contributed by atoms with van der Waals surface area (Å²) >= 11 is 0. The van der Waals surface area contributed by atoms with E-state index in [0.29, 0.717) is 19.8 Å². The normalized spacial score (nSPS) is 20.3. The van der Waals surface area contributed by atoms with E-state index in [2.05, 4.69) is 5.32 Å². The summed E-state index contributed by atoms with van der Waals surface area (Å²) in [6.45, 7) is 5.01. The molecule has 7 nitrogen and oxygen atoms in total. The van der Waals surface area contributed by atoms with Crippen molar-refractivity contribution in [1.82, 2.24) is 10.2 Å². The number of hydrogen-bond donors (Lipinski definition) is 2. The Morgan fingerprint density at radius 2 is 2.22 bits per heavy atom. The van der Waals surface area contributed by atoms with Gasteiger partial charge in [-0.3, -0.25) is 0 Å². The molecule has 1 rings (SSSR count). The van der Waals surface area contributed by atoms with E-state index in [4.69, 9.17) is 14.6 Å². The minimum absolute atomic E-state index is 0.0636. The Balaban J connectivity index is 2.65. The molecule has 1 fully saturated rings. The van der Waals surface area contributed by atoms with Gasteiger partial charge in [0.2, 0.25) is 0 Å². The fourth-order valence-corrected chi connectivity index (χ4v) is 1.80. The highest BCUT2D eigenvalue weighted by molar-refractivity contribution is 5.83. The Morgan fingerprint density at radius 3 is 2.72 bits per heavy atom. The molecule has 1 heterocycles. The van der Waals surface area contributed by atoms with Crippen molar-refractivity contribution in [2.45, 2.75) is 25.4 Å². The highest BCUT2D eigenvalue weighted by atomic mass is 16.5. The first-order valence-electron chi connectivity index (χ1n) is 5.76. The number of carbonyl (C=O) groups excluding carboxylic acids is 1. The average Bonchev–Trinajstić information content (AvgIpc) is 2.27. The quantitative estimate of drug-likeness (QED) is 0.737. The van der Waals surface area contributed by atoms with Crippen LogP contribution >= 0.6 is 0 Å². The standard InChI is InChI=1S/C11H20N2O5/c1-11(2)7-18-5-4-13(11)10(16)12-8(6-17-3)9(14)15/h8H,4-7H2,1-3H3,(H,12,16)(H,14,15). The van der Waals surface area contributed by atoms with Crippen LogP contribution in [0.2, 0.25) is 0 Å². The van der Waals surface area contributed by atoms with Gasteiger partial charge in [-0.05, 0) is 13.8 Å². The lowest BCUT2D eigenvalue weighted by Gasteiger charge is -2.42. The van der Waals surface area contributed by atoms with Gasteiger partial charge in [-0.15, -0.1) is 0 Å². The summed E-state index contributed by atoms with van der Waals surface area (Å²) in [5.41, 5.74) is -0.446. The number of carboxylic acids is 1. The molecule has 0 aromatic heterocycles. The van der Waals surface area contributed by atoms with Crippen molar-refractivity contribution in [2.24, 2.45) is 0 Å². The predicted molar refractivity (Wildman–Crippen MR) is 63.4 cm³/mol. The van der Waals surface area contributed by atoms with E-state index in [9.17, 15) is 9.59 Å². The lowest BCUT2D eigenvalue weighted by Crippen LogP contribution is -2.60. The Hall–Kier alpha value is -1.34. The zero-order valence-electron chi connectivity index (χ0n) is 10.9. The highest BCUT2D eigenvalue weighted by Gasteiger charge is 2.35. The molecule has 0 aromatic rings. The third kappa shape index (κ3) is 3.58. The van der Waals surface area contributed by atoms with Gasteiger partial charge < -0.3 is 24.8 Å². The van der Waals surface area contributed by atoms with Gasteiger partial charge in [-0.1, -0.05) is 0 Å². The number of nitrogens with one attached hydrogen (secondary N) is 1. The topological polar surface area (TPSA) is 88.1 Å². The number of nitrogens with zero attached hydrogens (tertiary/aromatic N) is 1. The number of amides is 2. The van der Waals surface area contributed by atoms with Crippen molar-refractivity contribution in [1.29, 1.82) is 0 Å². The van der Waals surface area contributed by atoms with E-state index in [0.717, 1.165) is 0 Å². The average molecular weight is 260 g/mol. The van der Waals surface area contributed by atoms with Gasteiger partial charge in [0.25, 0.3) is 0 Å². The second-order valence-electron chi connectivity index (χ2n) is 4.81. The molecule has 2 N–H and O–H groups in total. The van der Waals surface area contributed by atoms with Crippen molar-refractivity contribution >= 4 is 12.0 Å². The molecule has 0 aromatic carbocycles. The van der Waals surface area contributed by atoms with Crippen LogP contribution in [0.5, 0.6) is 0 Å². The minimum Gasteiger partial charge on any atom is -0.480 e. The van der Waals surface area contributed by atoms with Crippen molar-refractivity contribution in [3.63, 3.8) is 0 Å². The van der Waals surface area contributed by atoms with Crippen LogP contribution in [-0.2, 0) is 14.3 Å². The lowest BCUT2D eigenvalue weighted by molar-refractivity contribution is -0.140. The molecule has 1 atom stereocenters. The van der Waals surface area contributed by atoms with Crippen molar-refractivity contribution < 1.29 is 24.2 Å². The van der Waals surface area contributed by atoms with E-state index in [1.165, 1.54) is 7.11 Å². The fourth-order valence-electron chi connectivity index (χ4n) is 1.80. The van der Waals surface area contributed by atoms with Crippen LogP contribution in [0.4, 0.5) is 4.79 Å². The fraction of sp³-hybridized carbons (Fsp3) is 0.818. The predicted octanol–water partition coefficient (Wildman–Crippen LogP) is -0.0936. The minimum atomic E-state index is -1.11. The number of methoxy groups -OCH3 is 1. The zero-order valence-corrected chi connectivity index (χ0v) is 10.9. The molecule has 7 heteroatoms. The van der Waals surface area contributed by atoms with Gasteiger partial charge in [0.1, 0.15) is 0 Å². The molecule has 0 radical (unpaired) electrons. The number of aliphatic carboxylic acids is 1. The van der Waals surface area contributed by atoms with Gasteiger partial charge in [0.15, 0.2) is 6.04 Å². The van der Waals surface area contributed by atoms with Gasteiger partial charge >= 0.3 is 12.0 Å². The second kappa shape index (κ2) is 6.01. The molecule has 18 heavy (non-hydrogen) atoms. The first kappa shape index (κ1) is 14.7. The molecule has 104 valence electrons. The van der Waals surface area contributed by atoms with Crippen molar-refractivity contribution in [2.75, 3.05) is 33.5 Å². The molecule has 0 spiro atoms. The molecule has 0 aliphatic carbocycles. The van der Waals surface area contributed by atoms with E-state index < -0.39 is 23.6 Å². The zero-order chi connectivity index (χ0) is 13.8. The first-order valence-corrected chi connectivity index (χ1v) is 5.76. The van der Waals surface area contributed by atoms with Crippen LogP contribution in [0.1, 0.15) is 13.8 Å². The van der Waals surface area contributed by atoms with E-state index in [1.807, 2.05) is 13.8 Å². The van der Waals surface area contributed by atoms with Crippen LogP contribution in [0.25, 0.3) is 0 Å². The number of carbonyl (C=O) groups is 2. The van der Waals surface area contributed by atoms with Gasteiger partial charge in [0.05, 0.1) is 25.4 Å². The molecule has 0 bridgehead atoms. The van der Waals surface area contributed by atoms with E-state index >= 15 is 0 Å². The number of hydrogen-bond acceptors (Lipinski definition) is 4. The maximum atomic E-state index is 12.0. The molecule has 1 aliphatic heterocycles. The lowest BCUT2D eigenvalue weighted by atomic mass is 10.0. The first-order chi connectivity index (χ1) is 8.38. The van der Waals surface area contributed by atoms with Crippen LogP contribution in [0, 0.1) is 0 Å². The Kier molecular flexibility index (Phi) is 4.92. The molecular weight excluding hydrogens is 240 g/mol. The molecule has 0 saturated carbocycles. The summed E-state index contributed by atoms with van der Waals surface area (Å²) in [6, 6.07) is -1.45. The summed E-state index contributed by atoms with van der Waals surface area (Å²) in [5, 5.41) is 11.4. The molecule has 2 amide bonds. The summed E-state index contributed by atoms with van der Waals surface area (Å²) in [7, 11) is 1.39. The van der Waals surface area contributed by atoms with Gasteiger partial charge in [-0.25, -0.2) is 9.59 Å².